The Morgan fingerprint density at radius 2 is 1.81 bits per heavy atom. The molecule has 1 rings (SSSR count). The first-order valence-corrected chi connectivity index (χ1v) is 7.77. The molecule has 118 valence electrons. The summed E-state index contributed by atoms with van der Waals surface area (Å²) in [6.07, 6.45) is 2.08. The Morgan fingerprint density at radius 1 is 1.19 bits per heavy atom. The summed E-state index contributed by atoms with van der Waals surface area (Å²) in [6.45, 7) is 10.1. The average molecular weight is 295 g/mol. The third-order valence-corrected chi connectivity index (χ3v) is 3.81. The summed E-state index contributed by atoms with van der Waals surface area (Å²) in [7, 11) is -1.63. The highest BCUT2D eigenvalue weighted by atomic mass is 19.1. The minimum Gasteiger partial charge on any atom is -0.423 e. The Kier molecular flexibility index (Phi) is 7.36. The van der Waals surface area contributed by atoms with Crippen molar-refractivity contribution in [2.75, 3.05) is 6.54 Å². The van der Waals surface area contributed by atoms with E-state index in [0.717, 1.165) is 19.4 Å². The summed E-state index contributed by atoms with van der Waals surface area (Å²) in [5.74, 6) is 0.146. The molecule has 0 aliphatic carbocycles. The van der Waals surface area contributed by atoms with Crippen LogP contribution < -0.4 is 5.46 Å². The maximum absolute atomic E-state index is 14.1. The van der Waals surface area contributed by atoms with E-state index in [9.17, 15) is 4.39 Å². The van der Waals surface area contributed by atoms with E-state index < -0.39 is 7.12 Å². The predicted molar refractivity (Wildman–Crippen MR) is 85.8 cm³/mol. The SMILES string of the molecule is CCC(CC)N(Cc1ccc(B(O)O)cc1F)CC(C)C. The van der Waals surface area contributed by atoms with Gasteiger partial charge in [0.05, 0.1) is 0 Å². The van der Waals surface area contributed by atoms with E-state index in [0.29, 0.717) is 24.1 Å². The van der Waals surface area contributed by atoms with Crippen molar-refractivity contribution < 1.29 is 14.4 Å². The lowest BCUT2D eigenvalue weighted by Gasteiger charge is -2.32. The van der Waals surface area contributed by atoms with E-state index in [2.05, 4.69) is 32.6 Å². The van der Waals surface area contributed by atoms with Crippen molar-refractivity contribution in [1.82, 2.24) is 4.90 Å². The van der Waals surface area contributed by atoms with Gasteiger partial charge < -0.3 is 10.0 Å². The van der Waals surface area contributed by atoms with Crippen LogP contribution in [0.15, 0.2) is 18.2 Å². The zero-order chi connectivity index (χ0) is 16.0. The van der Waals surface area contributed by atoms with Gasteiger partial charge in [-0.1, -0.05) is 39.8 Å². The third kappa shape index (κ3) is 5.42. The number of benzene rings is 1. The fourth-order valence-electron chi connectivity index (χ4n) is 2.69. The van der Waals surface area contributed by atoms with Gasteiger partial charge in [-0.25, -0.2) is 4.39 Å². The van der Waals surface area contributed by atoms with E-state index in [4.69, 9.17) is 10.0 Å². The molecule has 0 saturated heterocycles. The zero-order valence-corrected chi connectivity index (χ0v) is 13.5. The molecule has 1 aromatic carbocycles. The predicted octanol–water partition coefficient (Wildman–Crippen LogP) is 2.15. The van der Waals surface area contributed by atoms with Gasteiger partial charge >= 0.3 is 7.12 Å². The second-order valence-electron chi connectivity index (χ2n) is 6.02. The fraction of sp³-hybridized carbons (Fsp3) is 0.625. The normalized spacial score (nSPS) is 11.7. The molecule has 0 aromatic heterocycles. The molecule has 1 aromatic rings. The highest BCUT2D eigenvalue weighted by molar-refractivity contribution is 6.58. The van der Waals surface area contributed by atoms with Crippen molar-refractivity contribution in [3.63, 3.8) is 0 Å². The first kappa shape index (κ1) is 18.1. The van der Waals surface area contributed by atoms with Gasteiger partial charge in [0, 0.05) is 24.7 Å². The van der Waals surface area contributed by atoms with Gasteiger partial charge in [0.25, 0.3) is 0 Å². The Labute approximate surface area is 127 Å². The maximum atomic E-state index is 14.1. The first-order valence-electron chi connectivity index (χ1n) is 7.77. The van der Waals surface area contributed by atoms with E-state index in [1.165, 1.54) is 6.07 Å². The molecule has 0 fully saturated rings. The number of nitrogens with zero attached hydrogens (tertiary/aromatic N) is 1. The molecule has 0 aliphatic heterocycles. The first-order chi connectivity index (χ1) is 9.88. The van der Waals surface area contributed by atoms with Crippen molar-refractivity contribution in [3.05, 3.63) is 29.6 Å². The summed E-state index contributed by atoms with van der Waals surface area (Å²) in [4.78, 5) is 2.32. The highest BCUT2D eigenvalue weighted by Gasteiger charge is 2.19. The van der Waals surface area contributed by atoms with E-state index in [-0.39, 0.29) is 11.3 Å². The van der Waals surface area contributed by atoms with Gasteiger partial charge in [0.15, 0.2) is 0 Å². The molecule has 0 bridgehead atoms. The van der Waals surface area contributed by atoms with Crippen LogP contribution in [-0.2, 0) is 6.54 Å². The van der Waals surface area contributed by atoms with Crippen molar-refractivity contribution in [2.45, 2.75) is 53.1 Å². The summed E-state index contributed by atoms with van der Waals surface area (Å²) >= 11 is 0. The third-order valence-electron chi connectivity index (χ3n) is 3.81. The number of rotatable bonds is 8. The molecular formula is C16H27BFNO2. The monoisotopic (exact) mass is 295 g/mol. The van der Waals surface area contributed by atoms with Crippen LogP contribution in [0.3, 0.4) is 0 Å². The molecule has 3 nitrogen and oxygen atoms in total. The minimum atomic E-state index is -1.63. The number of hydrogen-bond acceptors (Lipinski definition) is 3. The van der Waals surface area contributed by atoms with E-state index >= 15 is 0 Å². The van der Waals surface area contributed by atoms with Gasteiger partial charge in [-0.2, -0.15) is 0 Å². The second kappa shape index (κ2) is 8.52. The second-order valence-corrected chi connectivity index (χ2v) is 6.02. The Hall–Kier alpha value is -0.905. The average Bonchev–Trinajstić information content (AvgIpc) is 2.41. The van der Waals surface area contributed by atoms with Crippen LogP contribution >= 0.6 is 0 Å². The molecule has 21 heavy (non-hydrogen) atoms. The molecule has 0 aliphatic rings. The van der Waals surface area contributed by atoms with Crippen LogP contribution in [0.1, 0.15) is 46.1 Å². The Morgan fingerprint density at radius 3 is 2.24 bits per heavy atom. The van der Waals surface area contributed by atoms with Gasteiger partial charge in [0.2, 0.25) is 0 Å². The van der Waals surface area contributed by atoms with Crippen LogP contribution in [0.25, 0.3) is 0 Å². The van der Waals surface area contributed by atoms with Crippen molar-refractivity contribution >= 4 is 12.6 Å². The molecular weight excluding hydrogens is 268 g/mol. The van der Waals surface area contributed by atoms with Crippen LogP contribution in [0.5, 0.6) is 0 Å². The molecule has 2 N–H and O–H groups in total. The maximum Gasteiger partial charge on any atom is 0.488 e. The molecule has 0 unspecified atom stereocenters. The van der Waals surface area contributed by atoms with Crippen LogP contribution in [0, 0.1) is 11.7 Å². The number of hydrogen-bond donors (Lipinski definition) is 2. The lowest BCUT2D eigenvalue weighted by Crippen LogP contribution is -2.37. The summed E-state index contributed by atoms with van der Waals surface area (Å²) in [5.41, 5.74) is 0.793. The topological polar surface area (TPSA) is 43.7 Å². The fourth-order valence-corrected chi connectivity index (χ4v) is 2.69. The quantitative estimate of drug-likeness (QED) is 0.722. The van der Waals surface area contributed by atoms with E-state index in [1.54, 1.807) is 12.1 Å². The van der Waals surface area contributed by atoms with Gasteiger partial charge in [-0.05, 0) is 30.3 Å². The van der Waals surface area contributed by atoms with Crippen molar-refractivity contribution in [2.24, 2.45) is 5.92 Å². The molecule has 0 atom stereocenters. The van der Waals surface area contributed by atoms with Crippen molar-refractivity contribution in [1.29, 1.82) is 0 Å². The van der Waals surface area contributed by atoms with Crippen molar-refractivity contribution in [3.8, 4) is 0 Å². The summed E-state index contributed by atoms with van der Waals surface area (Å²) in [5, 5.41) is 18.2. The Bertz CT molecular complexity index is 436. The molecule has 0 amide bonds. The number of halogens is 1. The van der Waals surface area contributed by atoms with E-state index in [1.807, 2.05) is 0 Å². The molecule has 5 heteroatoms. The van der Waals surface area contributed by atoms with Gasteiger partial charge in [-0.3, -0.25) is 4.90 Å². The van der Waals surface area contributed by atoms with Crippen LogP contribution in [0.4, 0.5) is 4.39 Å². The van der Waals surface area contributed by atoms with Gasteiger partial charge in [0.1, 0.15) is 5.82 Å². The smallest absolute Gasteiger partial charge is 0.423 e. The van der Waals surface area contributed by atoms with Gasteiger partial charge in [-0.15, -0.1) is 0 Å². The molecule has 0 saturated carbocycles. The summed E-state index contributed by atoms with van der Waals surface area (Å²) < 4.78 is 14.1. The van der Waals surface area contributed by atoms with Crippen LogP contribution in [-0.4, -0.2) is 34.7 Å². The molecule has 0 radical (unpaired) electrons. The minimum absolute atomic E-state index is 0.189. The van der Waals surface area contributed by atoms with Crippen LogP contribution in [0.2, 0.25) is 0 Å². The molecule has 0 heterocycles. The lowest BCUT2D eigenvalue weighted by atomic mass is 9.80. The lowest BCUT2D eigenvalue weighted by molar-refractivity contribution is 0.155. The standard InChI is InChI=1S/C16H27BFNO2/c1-5-15(6-2)19(10-12(3)4)11-13-7-8-14(17(20)21)9-16(13)18/h7-9,12,15,20-21H,5-6,10-11H2,1-4H3. The molecule has 0 spiro atoms. The zero-order valence-electron chi connectivity index (χ0n) is 13.5. The summed E-state index contributed by atoms with van der Waals surface area (Å²) in [6, 6.07) is 4.87. The Balaban J connectivity index is 2.92. The highest BCUT2D eigenvalue weighted by Crippen LogP contribution is 2.17. The largest absolute Gasteiger partial charge is 0.488 e.